The number of nitrogens with two attached hydrogens (primary N) is 2. The van der Waals surface area contributed by atoms with Gasteiger partial charge in [-0.3, -0.25) is 14.2 Å². The molecule has 0 radical (unpaired) electrons. The minimum atomic E-state index is -2.44. The number of nitrogen functional groups attached to an aromatic ring is 1. The van der Waals surface area contributed by atoms with Gasteiger partial charge in [0.05, 0.1) is 25.8 Å². The van der Waals surface area contributed by atoms with Crippen LogP contribution in [-0.4, -0.2) is 73.0 Å². The zero-order valence-corrected chi connectivity index (χ0v) is 27.9. The van der Waals surface area contributed by atoms with Gasteiger partial charge in [0, 0.05) is 0 Å². The molecule has 1 aliphatic rings. The topological polar surface area (TPSA) is 176 Å². The Hall–Kier alpha value is -2.44. The first-order valence-electron chi connectivity index (χ1n) is 13.8. The summed E-state index contributed by atoms with van der Waals surface area (Å²) in [6, 6.07) is 0. The number of aromatic nitrogens is 4. The van der Waals surface area contributed by atoms with Gasteiger partial charge in [0.15, 0.2) is 40.4 Å². The number of esters is 1. The Balaban J connectivity index is 2.06. The van der Waals surface area contributed by atoms with Crippen molar-refractivity contribution in [2.24, 2.45) is 5.90 Å². The van der Waals surface area contributed by atoms with Crippen molar-refractivity contribution in [1.82, 2.24) is 19.5 Å². The lowest BCUT2D eigenvalue weighted by molar-refractivity contribution is -0.159. The molecular weight excluding hydrogens is 564 g/mol. The Morgan fingerprint density at radius 2 is 1.56 bits per heavy atom. The summed E-state index contributed by atoms with van der Waals surface area (Å²) in [5.74, 6) is 3.86. The van der Waals surface area contributed by atoms with E-state index in [1.54, 1.807) is 10.9 Å². The molecule has 230 valence electrons. The largest absolute Gasteiger partial charge is 0.457 e. The van der Waals surface area contributed by atoms with Gasteiger partial charge >= 0.3 is 11.9 Å². The van der Waals surface area contributed by atoms with Crippen molar-refractivity contribution < 1.29 is 32.8 Å². The van der Waals surface area contributed by atoms with E-state index in [1.807, 2.05) is 0 Å². The molecule has 2 aromatic rings. The van der Waals surface area contributed by atoms with Crippen molar-refractivity contribution in [3.63, 3.8) is 0 Å². The Kier molecular flexibility index (Phi) is 9.72. The number of rotatable bonds is 10. The van der Waals surface area contributed by atoms with Crippen LogP contribution in [0.5, 0.6) is 0 Å². The maximum absolute atomic E-state index is 13.0. The Morgan fingerprint density at radius 1 is 0.951 bits per heavy atom. The molecule has 0 bridgehead atoms. The van der Waals surface area contributed by atoms with Crippen LogP contribution in [-0.2, 0) is 32.8 Å². The molecule has 1 fully saturated rings. The first kappa shape index (κ1) is 33.1. The van der Waals surface area contributed by atoms with E-state index in [9.17, 15) is 9.59 Å². The molecular formula is C26H46N6O7Si2. The SMILES string of the molecule is CC(C)(C)[Si](C)(C)OC[C@H]1O[C@@H](n2cnc3c(N)ncnc32)[C@@H](O[Si](C)(C)C(C)(C)C)C1OC(=O)CCC(=O)ON. The second kappa shape index (κ2) is 12.0. The molecule has 15 heteroatoms. The molecule has 4 atom stereocenters. The van der Waals surface area contributed by atoms with Crippen LogP contribution in [0.3, 0.4) is 0 Å². The summed E-state index contributed by atoms with van der Waals surface area (Å²) >= 11 is 0. The minimum Gasteiger partial charge on any atom is -0.457 e. The Labute approximate surface area is 243 Å². The molecule has 13 nitrogen and oxygen atoms in total. The van der Waals surface area contributed by atoms with Crippen LogP contribution in [0.15, 0.2) is 12.7 Å². The molecule has 1 aliphatic heterocycles. The fraction of sp³-hybridized carbons (Fsp3) is 0.731. The molecule has 0 saturated carbocycles. The fourth-order valence-electron chi connectivity index (χ4n) is 3.89. The molecule has 1 unspecified atom stereocenters. The zero-order chi connectivity index (χ0) is 31.0. The van der Waals surface area contributed by atoms with Crippen molar-refractivity contribution in [3.8, 4) is 0 Å². The first-order chi connectivity index (χ1) is 18.8. The van der Waals surface area contributed by atoms with Crippen LogP contribution >= 0.6 is 0 Å². The highest BCUT2D eigenvalue weighted by Gasteiger charge is 2.54. The maximum Gasteiger partial charge on any atom is 0.325 e. The van der Waals surface area contributed by atoms with Crippen LogP contribution < -0.4 is 11.6 Å². The van der Waals surface area contributed by atoms with Gasteiger partial charge in [-0.1, -0.05) is 41.5 Å². The van der Waals surface area contributed by atoms with Crippen LogP contribution in [0.25, 0.3) is 11.2 Å². The second-order valence-electron chi connectivity index (χ2n) is 13.5. The highest BCUT2D eigenvalue weighted by Crippen LogP contribution is 2.44. The zero-order valence-electron chi connectivity index (χ0n) is 25.9. The van der Waals surface area contributed by atoms with Crippen LogP contribution in [0.1, 0.15) is 60.6 Å². The minimum absolute atomic E-state index is 0.0498. The highest BCUT2D eigenvalue weighted by atomic mass is 28.4. The van der Waals surface area contributed by atoms with E-state index in [1.165, 1.54) is 6.33 Å². The summed E-state index contributed by atoms with van der Waals surface area (Å²) in [6.45, 7) is 21.5. The third kappa shape index (κ3) is 7.32. The number of ether oxygens (including phenoxy) is 2. The van der Waals surface area contributed by atoms with Crippen LogP contribution in [0.4, 0.5) is 5.82 Å². The van der Waals surface area contributed by atoms with E-state index in [0.717, 1.165) is 0 Å². The van der Waals surface area contributed by atoms with Gasteiger partial charge in [0.2, 0.25) is 0 Å². The lowest BCUT2D eigenvalue weighted by Crippen LogP contribution is -2.50. The van der Waals surface area contributed by atoms with E-state index in [0.29, 0.717) is 11.2 Å². The molecule has 0 spiro atoms. The van der Waals surface area contributed by atoms with E-state index in [-0.39, 0.29) is 35.3 Å². The van der Waals surface area contributed by atoms with Gasteiger partial charge < -0.3 is 28.9 Å². The van der Waals surface area contributed by atoms with Crippen molar-refractivity contribution in [2.75, 3.05) is 12.3 Å². The number of carbonyl (C=O) groups excluding carboxylic acids is 2. The number of hydrogen-bond donors (Lipinski definition) is 2. The van der Waals surface area contributed by atoms with E-state index in [2.05, 4.69) is 87.5 Å². The fourth-order valence-corrected chi connectivity index (χ4v) is 6.19. The maximum atomic E-state index is 13.0. The number of carbonyl (C=O) groups is 2. The molecule has 41 heavy (non-hydrogen) atoms. The number of nitrogens with zero attached hydrogens (tertiary/aromatic N) is 4. The monoisotopic (exact) mass is 610 g/mol. The van der Waals surface area contributed by atoms with E-state index < -0.39 is 53.1 Å². The summed E-state index contributed by atoms with van der Waals surface area (Å²) in [5.41, 5.74) is 6.96. The molecule has 3 heterocycles. The lowest BCUT2D eigenvalue weighted by atomic mass is 10.1. The average Bonchev–Trinajstić information content (AvgIpc) is 3.42. The summed E-state index contributed by atoms with van der Waals surface area (Å²) < 4.78 is 27.9. The van der Waals surface area contributed by atoms with E-state index >= 15 is 0 Å². The summed E-state index contributed by atoms with van der Waals surface area (Å²) in [7, 11) is -4.64. The second-order valence-corrected chi connectivity index (χ2v) is 23.1. The van der Waals surface area contributed by atoms with Crippen molar-refractivity contribution in [2.45, 2.75) is 115 Å². The molecule has 0 aliphatic carbocycles. The molecule has 3 rings (SSSR count). The third-order valence-electron chi connectivity index (χ3n) is 8.53. The van der Waals surface area contributed by atoms with Crippen molar-refractivity contribution in [1.29, 1.82) is 0 Å². The lowest BCUT2D eigenvalue weighted by Gasteiger charge is -2.40. The number of fused-ring (bicyclic) bond motifs is 1. The van der Waals surface area contributed by atoms with Gasteiger partial charge in [-0.15, -0.1) is 0 Å². The molecule has 2 aromatic heterocycles. The first-order valence-corrected chi connectivity index (χ1v) is 19.6. The average molecular weight is 611 g/mol. The molecule has 0 aromatic carbocycles. The van der Waals surface area contributed by atoms with Crippen LogP contribution in [0, 0.1) is 0 Å². The smallest absolute Gasteiger partial charge is 0.325 e. The van der Waals surface area contributed by atoms with Gasteiger partial charge in [0.25, 0.3) is 0 Å². The Bertz CT molecular complexity index is 1240. The summed E-state index contributed by atoms with van der Waals surface area (Å²) in [5, 5.41) is -0.206. The standard InChI is InChI=1S/C26H46N6O7Si2/c1-25(2,3)40(7,8)35-13-16-20(37-17(33)11-12-18(34)38-28)21(39-41(9,10)26(4,5)6)24(36-16)32-15-31-19-22(27)29-14-30-23(19)32/h14-16,20-21,24H,11-13,28H2,1-10H3,(H2,27,29,30)/t16-,20?,21+,24-/m1/s1. The number of hydrogen-bond acceptors (Lipinski definition) is 12. The van der Waals surface area contributed by atoms with Crippen molar-refractivity contribution in [3.05, 3.63) is 12.7 Å². The van der Waals surface area contributed by atoms with Gasteiger partial charge in [-0.25, -0.2) is 15.0 Å². The van der Waals surface area contributed by atoms with E-state index in [4.69, 9.17) is 30.0 Å². The number of imidazole rings is 1. The molecule has 1 saturated heterocycles. The van der Waals surface area contributed by atoms with Gasteiger partial charge in [-0.2, -0.15) is 5.90 Å². The van der Waals surface area contributed by atoms with Gasteiger partial charge in [0.1, 0.15) is 24.1 Å². The van der Waals surface area contributed by atoms with Gasteiger partial charge in [-0.05, 0) is 36.3 Å². The predicted octanol–water partition coefficient (Wildman–Crippen LogP) is 3.83. The normalized spacial score (nSPS) is 22.2. The van der Waals surface area contributed by atoms with Crippen molar-refractivity contribution >= 4 is 45.6 Å². The molecule has 0 amide bonds. The molecule has 4 N–H and O–H groups in total. The third-order valence-corrected chi connectivity index (χ3v) is 17.5. The quantitative estimate of drug-likeness (QED) is 0.226. The highest BCUT2D eigenvalue weighted by molar-refractivity contribution is 6.74. The predicted molar refractivity (Wildman–Crippen MR) is 158 cm³/mol. The summed E-state index contributed by atoms with van der Waals surface area (Å²) in [4.78, 5) is 41.7. The van der Waals surface area contributed by atoms with Crippen LogP contribution in [0.2, 0.25) is 36.3 Å². The summed E-state index contributed by atoms with van der Waals surface area (Å²) in [6.07, 6.45) is -0.504. The number of anilines is 1. The Morgan fingerprint density at radius 3 is 2.15 bits per heavy atom.